The maximum atomic E-state index is 11.8. The first-order valence-electron chi connectivity index (χ1n) is 5.84. The fraction of sp³-hybridized carbons (Fsp3) is 0.286. The van der Waals surface area contributed by atoms with Crippen LogP contribution in [-0.4, -0.2) is 23.0 Å². The van der Waals surface area contributed by atoms with Gasteiger partial charge in [0, 0.05) is 5.56 Å². The minimum Gasteiger partial charge on any atom is -0.480 e. The van der Waals surface area contributed by atoms with Crippen molar-refractivity contribution in [2.45, 2.75) is 25.3 Å². The highest BCUT2D eigenvalue weighted by atomic mass is 16.4. The smallest absolute Gasteiger partial charge is 0.326 e. The lowest BCUT2D eigenvalue weighted by molar-refractivity contribution is -0.139. The van der Waals surface area contributed by atoms with Crippen molar-refractivity contribution >= 4 is 11.9 Å². The van der Waals surface area contributed by atoms with Crippen molar-refractivity contribution in [3.63, 3.8) is 0 Å². The van der Waals surface area contributed by atoms with E-state index in [1.807, 2.05) is 0 Å². The molecule has 4 heteroatoms. The first-order chi connectivity index (χ1) is 8.65. The van der Waals surface area contributed by atoms with E-state index >= 15 is 0 Å². The zero-order valence-electron chi connectivity index (χ0n) is 10.1. The first kappa shape index (κ1) is 14.0. The van der Waals surface area contributed by atoms with E-state index in [1.165, 1.54) is 0 Å². The first-order valence-corrected chi connectivity index (χ1v) is 5.84. The van der Waals surface area contributed by atoms with Crippen molar-refractivity contribution in [1.29, 1.82) is 0 Å². The average Bonchev–Trinajstić information content (AvgIpc) is 2.38. The third-order valence-corrected chi connectivity index (χ3v) is 2.54. The molecule has 0 aliphatic rings. The van der Waals surface area contributed by atoms with Gasteiger partial charge >= 0.3 is 5.97 Å². The molecule has 1 aromatic carbocycles. The van der Waals surface area contributed by atoms with E-state index in [1.54, 1.807) is 36.4 Å². The van der Waals surface area contributed by atoms with Gasteiger partial charge in [-0.3, -0.25) is 4.79 Å². The second-order valence-corrected chi connectivity index (χ2v) is 3.95. The maximum Gasteiger partial charge on any atom is 0.326 e. The number of carboxylic acid groups (broad SMARTS) is 1. The van der Waals surface area contributed by atoms with Crippen molar-refractivity contribution in [3.05, 3.63) is 48.6 Å². The van der Waals surface area contributed by atoms with E-state index in [2.05, 4.69) is 11.9 Å². The predicted molar refractivity (Wildman–Crippen MR) is 69.4 cm³/mol. The normalized spacial score (nSPS) is 11.6. The number of benzene rings is 1. The summed E-state index contributed by atoms with van der Waals surface area (Å²) in [6, 6.07) is 7.73. The number of hydrogen-bond donors (Lipinski definition) is 2. The molecule has 0 aliphatic carbocycles. The van der Waals surface area contributed by atoms with Gasteiger partial charge in [0.25, 0.3) is 5.91 Å². The summed E-state index contributed by atoms with van der Waals surface area (Å²) >= 11 is 0. The van der Waals surface area contributed by atoms with Gasteiger partial charge in [-0.05, 0) is 31.4 Å². The number of carbonyl (C=O) groups is 2. The molecule has 96 valence electrons. The Balaban J connectivity index is 2.58. The molecule has 0 bridgehead atoms. The van der Waals surface area contributed by atoms with Crippen LogP contribution in [0.2, 0.25) is 0 Å². The molecular weight excluding hydrogens is 230 g/mol. The van der Waals surface area contributed by atoms with Crippen molar-refractivity contribution in [1.82, 2.24) is 5.32 Å². The topological polar surface area (TPSA) is 66.4 Å². The van der Waals surface area contributed by atoms with Crippen LogP contribution in [0, 0.1) is 0 Å². The monoisotopic (exact) mass is 247 g/mol. The maximum absolute atomic E-state index is 11.8. The number of carbonyl (C=O) groups excluding carboxylic acids is 1. The third-order valence-electron chi connectivity index (χ3n) is 2.54. The van der Waals surface area contributed by atoms with E-state index in [9.17, 15) is 9.59 Å². The third kappa shape index (κ3) is 4.41. The molecule has 1 amide bonds. The Morgan fingerprint density at radius 3 is 2.56 bits per heavy atom. The number of unbranched alkanes of at least 4 members (excludes halogenated alkanes) is 1. The lowest BCUT2D eigenvalue weighted by Gasteiger charge is -2.14. The van der Waals surface area contributed by atoms with E-state index < -0.39 is 12.0 Å². The highest BCUT2D eigenvalue weighted by Crippen LogP contribution is 2.04. The second kappa shape index (κ2) is 7.27. The number of amides is 1. The molecule has 18 heavy (non-hydrogen) atoms. The molecule has 0 unspecified atom stereocenters. The lowest BCUT2D eigenvalue weighted by Crippen LogP contribution is -2.40. The van der Waals surface area contributed by atoms with E-state index in [4.69, 9.17) is 5.11 Å². The van der Waals surface area contributed by atoms with Crippen molar-refractivity contribution in [2.75, 3.05) is 0 Å². The zero-order chi connectivity index (χ0) is 13.4. The van der Waals surface area contributed by atoms with Crippen LogP contribution in [-0.2, 0) is 4.79 Å². The number of rotatable bonds is 7. The molecule has 0 aromatic heterocycles. The summed E-state index contributed by atoms with van der Waals surface area (Å²) in [5.41, 5.74) is 0.465. The lowest BCUT2D eigenvalue weighted by atomic mass is 10.1. The fourth-order valence-electron chi connectivity index (χ4n) is 1.55. The summed E-state index contributed by atoms with van der Waals surface area (Å²) in [5, 5.41) is 11.5. The molecule has 0 aliphatic heterocycles. The molecular formula is C14H17NO3. The summed E-state index contributed by atoms with van der Waals surface area (Å²) in [6.45, 7) is 3.58. The minimum atomic E-state index is -1.01. The highest BCUT2D eigenvalue weighted by Gasteiger charge is 2.19. The Kier molecular flexibility index (Phi) is 5.64. The standard InChI is InChI=1S/C14H17NO3/c1-2-3-5-10-12(14(17)18)15-13(16)11-8-6-4-7-9-11/h2,4,6-9,12H,1,3,5,10H2,(H,15,16)(H,17,18)/t12-/m0/s1. The molecule has 0 saturated heterocycles. The predicted octanol–water partition coefficient (Wildman–Crippen LogP) is 2.23. The van der Waals surface area contributed by atoms with Crippen molar-refractivity contribution in [3.8, 4) is 0 Å². The van der Waals surface area contributed by atoms with E-state index in [-0.39, 0.29) is 5.91 Å². The van der Waals surface area contributed by atoms with Crippen LogP contribution in [0.4, 0.5) is 0 Å². The minimum absolute atomic E-state index is 0.360. The van der Waals surface area contributed by atoms with Crippen LogP contribution in [0.15, 0.2) is 43.0 Å². The van der Waals surface area contributed by atoms with Gasteiger partial charge in [0.15, 0.2) is 0 Å². The summed E-state index contributed by atoms with van der Waals surface area (Å²) in [6.07, 6.45) is 3.57. The van der Waals surface area contributed by atoms with Crippen LogP contribution in [0.3, 0.4) is 0 Å². The van der Waals surface area contributed by atoms with Gasteiger partial charge in [-0.15, -0.1) is 6.58 Å². The Bertz CT molecular complexity index is 414. The molecule has 0 fully saturated rings. The molecule has 2 N–H and O–H groups in total. The van der Waals surface area contributed by atoms with Crippen molar-refractivity contribution in [2.24, 2.45) is 0 Å². The highest BCUT2D eigenvalue weighted by molar-refractivity contribution is 5.96. The Labute approximate surface area is 106 Å². The number of allylic oxidation sites excluding steroid dienone is 1. The summed E-state index contributed by atoms with van der Waals surface area (Å²) in [5.74, 6) is -1.37. The molecule has 0 radical (unpaired) electrons. The molecule has 0 heterocycles. The van der Waals surface area contributed by atoms with Crippen LogP contribution >= 0.6 is 0 Å². The van der Waals surface area contributed by atoms with E-state index in [0.717, 1.165) is 6.42 Å². The van der Waals surface area contributed by atoms with Crippen LogP contribution in [0.5, 0.6) is 0 Å². The molecule has 4 nitrogen and oxygen atoms in total. The van der Waals surface area contributed by atoms with Crippen molar-refractivity contribution < 1.29 is 14.7 Å². The molecule has 0 saturated carbocycles. The number of carboxylic acids is 1. The van der Waals surface area contributed by atoms with Gasteiger partial charge < -0.3 is 10.4 Å². The molecule has 1 aromatic rings. The van der Waals surface area contributed by atoms with Gasteiger partial charge in [-0.2, -0.15) is 0 Å². The van der Waals surface area contributed by atoms with E-state index in [0.29, 0.717) is 18.4 Å². The quantitative estimate of drug-likeness (QED) is 0.573. The van der Waals surface area contributed by atoms with Gasteiger partial charge in [-0.25, -0.2) is 4.79 Å². The molecule has 0 spiro atoms. The summed E-state index contributed by atoms with van der Waals surface area (Å²) in [7, 11) is 0. The molecule has 1 atom stereocenters. The number of nitrogens with one attached hydrogen (secondary N) is 1. The van der Waals surface area contributed by atoms with Crippen LogP contribution < -0.4 is 5.32 Å². The summed E-state index contributed by atoms with van der Waals surface area (Å²) in [4.78, 5) is 22.8. The Hall–Kier alpha value is -2.10. The SMILES string of the molecule is C=CCCC[C@H](NC(=O)c1ccccc1)C(=O)O. The molecule has 1 rings (SSSR count). The largest absolute Gasteiger partial charge is 0.480 e. The second-order valence-electron chi connectivity index (χ2n) is 3.95. The summed E-state index contributed by atoms with van der Waals surface area (Å²) < 4.78 is 0. The Morgan fingerprint density at radius 2 is 2.00 bits per heavy atom. The van der Waals surface area contributed by atoms with Gasteiger partial charge in [-0.1, -0.05) is 24.3 Å². The number of hydrogen-bond acceptors (Lipinski definition) is 2. The number of aliphatic carboxylic acids is 1. The Morgan fingerprint density at radius 1 is 1.33 bits per heavy atom. The van der Waals surface area contributed by atoms with Gasteiger partial charge in [0.1, 0.15) is 6.04 Å². The van der Waals surface area contributed by atoms with Crippen LogP contribution in [0.1, 0.15) is 29.6 Å². The van der Waals surface area contributed by atoms with Gasteiger partial charge in [0.2, 0.25) is 0 Å². The van der Waals surface area contributed by atoms with Gasteiger partial charge in [0.05, 0.1) is 0 Å². The zero-order valence-corrected chi connectivity index (χ0v) is 10.1. The van der Waals surface area contributed by atoms with Crippen LogP contribution in [0.25, 0.3) is 0 Å². The fourth-order valence-corrected chi connectivity index (χ4v) is 1.55. The average molecular weight is 247 g/mol.